The maximum absolute atomic E-state index is 12.5. The maximum Gasteiger partial charge on any atom is 0.317 e. The van der Waals surface area contributed by atoms with Crippen LogP contribution in [-0.4, -0.2) is 67.8 Å². The molecule has 2 amide bonds. The Hall–Kier alpha value is -1.59. The third-order valence-electron chi connectivity index (χ3n) is 5.33. The van der Waals surface area contributed by atoms with Gasteiger partial charge in [-0.1, -0.05) is 30.3 Å². The summed E-state index contributed by atoms with van der Waals surface area (Å²) in [6.07, 6.45) is 4.33. The Bertz CT molecular complexity index is 543. The lowest BCUT2D eigenvalue weighted by Gasteiger charge is -2.48. The van der Waals surface area contributed by atoms with Crippen molar-refractivity contribution in [2.45, 2.75) is 37.3 Å². The van der Waals surface area contributed by atoms with Gasteiger partial charge in [-0.3, -0.25) is 0 Å². The molecule has 132 valence electrons. The molecule has 0 bridgehead atoms. The number of hydrogen-bond donors (Lipinski definition) is 1. The standard InChI is InChI=1S/C19H29N3O2/c1-21(2)17(13-16-7-4-3-5-8-16)14-20-18(23)22-11-12-24-19(15-22)9-6-10-19/h3-5,7-8,17H,6,9-15H2,1-2H3,(H,20,23)/t17-/m1/s1. The predicted octanol–water partition coefficient (Wildman–Crippen LogP) is 2.12. The summed E-state index contributed by atoms with van der Waals surface area (Å²) in [5.41, 5.74) is 1.26. The Morgan fingerprint density at radius 2 is 2.08 bits per heavy atom. The predicted molar refractivity (Wildman–Crippen MR) is 95.1 cm³/mol. The van der Waals surface area contributed by atoms with Gasteiger partial charge in [0.2, 0.25) is 0 Å². The second-order valence-corrected chi connectivity index (χ2v) is 7.30. The molecule has 24 heavy (non-hydrogen) atoms. The molecule has 1 saturated carbocycles. The molecule has 5 nitrogen and oxygen atoms in total. The largest absolute Gasteiger partial charge is 0.371 e. The van der Waals surface area contributed by atoms with E-state index in [1.54, 1.807) is 0 Å². The molecule has 1 aliphatic carbocycles. The first-order valence-electron chi connectivity index (χ1n) is 8.95. The van der Waals surface area contributed by atoms with E-state index in [4.69, 9.17) is 4.74 Å². The van der Waals surface area contributed by atoms with Crippen LogP contribution in [0.5, 0.6) is 0 Å². The second-order valence-electron chi connectivity index (χ2n) is 7.30. The number of urea groups is 1. The summed E-state index contributed by atoms with van der Waals surface area (Å²) in [7, 11) is 4.13. The summed E-state index contributed by atoms with van der Waals surface area (Å²) in [5.74, 6) is 0. The minimum Gasteiger partial charge on any atom is -0.371 e. The topological polar surface area (TPSA) is 44.8 Å². The summed E-state index contributed by atoms with van der Waals surface area (Å²) in [5, 5.41) is 3.13. The number of carbonyl (C=O) groups is 1. The van der Waals surface area contributed by atoms with Crippen molar-refractivity contribution in [2.24, 2.45) is 0 Å². The van der Waals surface area contributed by atoms with Gasteiger partial charge in [-0.2, -0.15) is 0 Å². The van der Waals surface area contributed by atoms with E-state index < -0.39 is 0 Å². The second kappa shape index (κ2) is 7.53. The van der Waals surface area contributed by atoms with E-state index in [-0.39, 0.29) is 17.7 Å². The molecular weight excluding hydrogens is 302 g/mol. The van der Waals surface area contributed by atoms with Crippen LogP contribution in [0, 0.1) is 0 Å². The van der Waals surface area contributed by atoms with Crippen LogP contribution in [0.25, 0.3) is 0 Å². The van der Waals surface area contributed by atoms with E-state index in [9.17, 15) is 4.79 Å². The minimum atomic E-state index is -0.0411. The van der Waals surface area contributed by atoms with E-state index in [1.807, 2.05) is 11.0 Å². The number of carbonyl (C=O) groups excluding carboxylic acids is 1. The molecule has 3 rings (SSSR count). The number of nitrogens with zero attached hydrogens (tertiary/aromatic N) is 2. The molecule has 5 heteroatoms. The molecule has 1 saturated heterocycles. The summed E-state index contributed by atoms with van der Waals surface area (Å²) in [6.45, 7) is 2.75. The first-order chi connectivity index (χ1) is 11.6. The van der Waals surface area contributed by atoms with Gasteiger partial charge in [0.05, 0.1) is 18.8 Å². The summed E-state index contributed by atoms with van der Waals surface area (Å²) in [6, 6.07) is 10.8. The van der Waals surface area contributed by atoms with Crippen molar-refractivity contribution in [3.05, 3.63) is 35.9 Å². The monoisotopic (exact) mass is 331 g/mol. The summed E-state index contributed by atoms with van der Waals surface area (Å²) in [4.78, 5) is 16.7. The zero-order valence-corrected chi connectivity index (χ0v) is 14.8. The molecule has 1 spiro atoms. The number of amides is 2. The van der Waals surface area contributed by atoms with Crippen LogP contribution in [-0.2, 0) is 11.2 Å². The Morgan fingerprint density at radius 3 is 2.71 bits per heavy atom. The molecule has 1 aromatic rings. The van der Waals surface area contributed by atoms with Gasteiger partial charge in [0.1, 0.15) is 0 Å². The van der Waals surface area contributed by atoms with Crippen LogP contribution in [0.2, 0.25) is 0 Å². The highest BCUT2D eigenvalue weighted by Gasteiger charge is 2.43. The quantitative estimate of drug-likeness (QED) is 0.899. The number of rotatable bonds is 5. The Labute approximate surface area is 145 Å². The van der Waals surface area contributed by atoms with Gasteiger partial charge in [-0.25, -0.2) is 4.79 Å². The number of morpholine rings is 1. The van der Waals surface area contributed by atoms with Gasteiger partial charge in [0, 0.05) is 19.1 Å². The van der Waals surface area contributed by atoms with Gasteiger partial charge < -0.3 is 19.9 Å². The highest BCUT2D eigenvalue weighted by Crippen LogP contribution is 2.38. The molecule has 2 aliphatic rings. The van der Waals surface area contributed by atoms with Crippen molar-refractivity contribution >= 4 is 6.03 Å². The lowest BCUT2D eigenvalue weighted by molar-refractivity contribution is -0.141. The van der Waals surface area contributed by atoms with Crippen LogP contribution < -0.4 is 5.32 Å². The number of hydrogen-bond acceptors (Lipinski definition) is 3. The van der Waals surface area contributed by atoms with Crippen LogP contribution in [0.15, 0.2) is 30.3 Å². The Morgan fingerprint density at radius 1 is 1.33 bits per heavy atom. The smallest absolute Gasteiger partial charge is 0.317 e. The third kappa shape index (κ3) is 4.08. The molecule has 1 atom stereocenters. The zero-order valence-electron chi connectivity index (χ0n) is 14.8. The lowest BCUT2D eigenvalue weighted by Crippen LogP contribution is -2.59. The number of nitrogens with one attached hydrogen (secondary N) is 1. The Balaban J connectivity index is 1.51. The van der Waals surface area contributed by atoms with Gasteiger partial charge in [-0.15, -0.1) is 0 Å². The maximum atomic E-state index is 12.5. The lowest BCUT2D eigenvalue weighted by atomic mass is 9.79. The van der Waals surface area contributed by atoms with Crippen LogP contribution in [0.4, 0.5) is 4.79 Å². The molecule has 0 aromatic heterocycles. The fraction of sp³-hybridized carbons (Fsp3) is 0.632. The average molecular weight is 331 g/mol. The average Bonchev–Trinajstić information content (AvgIpc) is 2.57. The van der Waals surface area contributed by atoms with Gasteiger partial charge in [0.25, 0.3) is 0 Å². The summed E-state index contributed by atoms with van der Waals surface area (Å²) < 4.78 is 5.89. The highest BCUT2D eigenvalue weighted by molar-refractivity contribution is 5.74. The molecular formula is C19H29N3O2. The zero-order chi connectivity index (χ0) is 17.0. The first kappa shape index (κ1) is 17.2. The Kier molecular flexibility index (Phi) is 5.41. The van der Waals surface area contributed by atoms with Crippen LogP contribution in [0.1, 0.15) is 24.8 Å². The number of benzene rings is 1. The van der Waals surface area contributed by atoms with Crippen molar-refractivity contribution in [3.8, 4) is 0 Å². The van der Waals surface area contributed by atoms with E-state index >= 15 is 0 Å². The molecule has 0 unspecified atom stereocenters. The normalized spacial score (nSPS) is 20.7. The van der Waals surface area contributed by atoms with Crippen molar-refractivity contribution in [1.82, 2.24) is 15.1 Å². The van der Waals surface area contributed by atoms with Gasteiger partial charge in [-0.05, 0) is 45.3 Å². The fourth-order valence-electron chi connectivity index (χ4n) is 3.53. The number of ether oxygens (including phenoxy) is 1. The molecule has 1 aromatic carbocycles. The summed E-state index contributed by atoms with van der Waals surface area (Å²) >= 11 is 0. The van der Waals surface area contributed by atoms with Crippen molar-refractivity contribution < 1.29 is 9.53 Å². The molecule has 2 fully saturated rings. The first-order valence-corrected chi connectivity index (χ1v) is 8.95. The van der Waals surface area contributed by atoms with E-state index in [0.29, 0.717) is 19.7 Å². The van der Waals surface area contributed by atoms with Gasteiger partial charge in [0.15, 0.2) is 0 Å². The van der Waals surface area contributed by atoms with Crippen LogP contribution >= 0.6 is 0 Å². The molecule has 1 N–H and O–H groups in total. The highest BCUT2D eigenvalue weighted by atomic mass is 16.5. The van der Waals surface area contributed by atoms with E-state index in [1.165, 1.54) is 12.0 Å². The molecule has 1 aliphatic heterocycles. The van der Waals surface area contributed by atoms with Crippen molar-refractivity contribution in [1.29, 1.82) is 0 Å². The van der Waals surface area contributed by atoms with Crippen molar-refractivity contribution in [3.63, 3.8) is 0 Å². The molecule has 1 heterocycles. The van der Waals surface area contributed by atoms with Crippen LogP contribution in [0.3, 0.4) is 0 Å². The van der Waals surface area contributed by atoms with Gasteiger partial charge >= 0.3 is 6.03 Å². The van der Waals surface area contributed by atoms with E-state index in [0.717, 1.165) is 25.8 Å². The SMILES string of the molecule is CN(C)[C@@H](CNC(=O)N1CCOC2(CCC2)C1)Cc1ccccc1. The van der Waals surface area contributed by atoms with E-state index in [2.05, 4.69) is 48.6 Å². The minimum absolute atomic E-state index is 0.0411. The van der Waals surface area contributed by atoms with Crippen molar-refractivity contribution in [2.75, 3.05) is 40.3 Å². The number of likely N-dealkylation sites (N-methyl/N-ethyl adjacent to an activating group) is 1. The molecule has 0 radical (unpaired) electrons. The third-order valence-corrected chi connectivity index (χ3v) is 5.33. The fourth-order valence-corrected chi connectivity index (χ4v) is 3.53.